The van der Waals surface area contributed by atoms with Gasteiger partial charge in [0, 0.05) is 66.7 Å². The van der Waals surface area contributed by atoms with E-state index in [1.54, 1.807) is 36.4 Å². The van der Waals surface area contributed by atoms with Crippen LogP contribution in [0.4, 0.5) is 51.2 Å². The van der Waals surface area contributed by atoms with Crippen LogP contribution in [0.2, 0.25) is 0 Å². The average molecular weight is 1240 g/mol. The van der Waals surface area contributed by atoms with Crippen molar-refractivity contribution in [1.29, 1.82) is 0 Å². The highest BCUT2D eigenvalue weighted by molar-refractivity contribution is 7.79. The fraction of sp³-hybridized carbons (Fsp3) is 0.559. The number of benzene rings is 3. The summed E-state index contributed by atoms with van der Waals surface area (Å²) in [7, 11) is -5.17. The van der Waals surface area contributed by atoms with Crippen LogP contribution in [0.1, 0.15) is 158 Å². The first kappa shape index (κ1) is 75.7. The van der Waals surface area contributed by atoms with Crippen molar-refractivity contribution >= 4 is 61.6 Å². The van der Waals surface area contributed by atoms with E-state index < -0.39 is 43.0 Å². The summed E-state index contributed by atoms with van der Waals surface area (Å²) < 4.78 is 36.9. The molecule has 0 bridgehead atoms. The smallest absolute Gasteiger partial charge is 0.253 e. The number of nitrogens with one attached hydrogen (secondary N) is 6. The Bertz CT molecular complexity index is 2820. The van der Waals surface area contributed by atoms with E-state index in [0.29, 0.717) is 56.3 Å². The molecule has 0 atom stereocenters. The van der Waals surface area contributed by atoms with E-state index >= 15 is 0 Å². The van der Waals surface area contributed by atoms with Crippen molar-refractivity contribution in [1.82, 2.24) is 4.90 Å². The van der Waals surface area contributed by atoms with Gasteiger partial charge in [0.2, 0.25) is 0 Å². The van der Waals surface area contributed by atoms with Gasteiger partial charge in [0.25, 0.3) is 32.6 Å². The maximum atomic E-state index is 12.4. The molecule has 20 heteroatoms. The molecule has 0 aromatic heterocycles. The van der Waals surface area contributed by atoms with Gasteiger partial charge in [-0.15, -0.1) is 0 Å². The molecule has 6 aromatic carbocycles. The number of quaternary nitrogens is 2. The Hall–Kier alpha value is -6.55. The second-order valence-corrected chi connectivity index (χ2v) is 23.8. The van der Waals surface area contributed by atoms with Gasteiger partial charge in [-0.1, -0.05) is 161 Å². The van der Waals surface area contributed by atoms with Gasteiger partial charge in [-0.05, 0) is 87.8 Å². The molecule has 6 aromatic rings. The highest BCUT2D eigenvalue weighted by Crippen LogP contribution is 2.24. The maximum Gasteiger partial charge on any atom is 0.253 e. The average Bonchev–Trinajstić information content (AvgIpc) is 1.37. The van der Waals surface area contributed by atoms with Crippen LogP contribution in [-0.4, -0.2) is 123 Å². The molecule has 6 rings (SSSR count). The zero-order valence-electron chi connectivity index (χ0n) is 54.2. The Morgan fingerprint density at radius 2 is 0.511 bits per heavy atom. The molecular formula is C68H105N9O10S. The van der Waals surface area contributed by atoms with Crippen LogP contribution in [0.3, 0.4) is 0 Å². The van der Waals surface area contributed by atoms with Crippen molar-refractivity contribution in [2.75, 3.05) is 124 Å². The molecule has 0 spiro atoms. The fourth-order valence-electron chi connectivity index (χ4n) is 10.7. The Labute approximate surface area is 524 Å². The van der Waals surface area contributed by atoms with E-state index in [4.69, 9.17) is 17.5 Å². The zero-order valence-corrected chi connectivity index (χ0v) is 55.0. The van der Waals surface area contributed by atoms with Gasteiger partial charge in [0.05, 0.1) is 52.4 Å². The maximum absolute atomic E-state index is 12.4. The second kappa shape index (κ2) is 41.6. The van der Waals surface area contributed by atoms with Gasteiger partial charge in [0.15, 0.2) is 0 Å². The van der Waals surface area contributed by atoms with Crippen LogP contribution < -0.4 is 64.5 Å². The molecular weight excluding hydrogens is 1130 g/mol. The zero-order chi connectivity index (χ0) is 64.8. The molecule has 0 saturated carbocycles. The lowest BCUT2D eigenvalue weighted by molar-refractivity contribution is -0.929. The lowest BCUT2D eigenvalue weighted by Crippen LogP contribution is -2.50. The van der Waals surface area contributed by atoms with E-state index in [2.05, 4.69) is 87.3 Å². The van der Waals surface area contributed by atoms with Crippen molar-refractivity contribution in [2.24, 2.45) is 0 Å². The van der Waals surface area contributed by atoms with Crippen molar-refractivity contribution in [3.05, 3.63) is 152 Å². The van der Waals surface area contributed by atoms with Gasteiger partial charge in [-0.3, -0.25) is 42.1 Å². The van der Waals surface area contributed by atoms with Gasteiger partial charge in [0.1, 0.15) is 34.1 Å². The fourth-order valence-corrected chi connectivity index (χ4v) is 10.7. The van der Waals surface area contributed by atoms with E-state index in [0.717, 1.165) is 0 Å². The minimum atomic E-state index is -5.17. The molecule has 0 amide bonds. The summed E-state index contributed by atoms with van der Waals surface area (Å²) in [5, 5.41) is 18.2. The summed E-state index contributed by atoms with van der Waals surface area (Å²) in [6, 6.07) is 27.1. The third-order valence-corrected chi connectivity index (χ3v) is 15.9. The molecule has 0 saturated heterocycles. The van der Waals surface area contributed by atoms with Crippen LogP contribution >= 0.6 is 0 Å². The van der Waals surface area contributed by atoms with Gasteiger partial charge in [-0.25, -0.2) is 0 Å². The van der Waals surface area contributed by atoms with Gasteiger partial charge >= 0.3 is 0 Å². The van der Waals surface area contributed by atoms with E-state index in [9.17, 15) is 28.8 Å². The lowest BCUT2D eigenvalue weighted by atomic mass is 10.1. The summed E-state index contributed by atoms with van der Waals surface area (Å²) in [5.74, 6) is 0. The van der Waals surface area contributed by atoms with Crippen LogP contribution in [0.25, 0.3) is 0 Å². The first-order chi connectivity index (χ1) is 42.3. The Morgan fingerprint density at radius 3 is 0.693 bits per heavy atom. The molecule has 0 aliphatic carbocycles. The Morgan fingerprint density at radius 1 is 0.330 bits per heavy atom. The summed E-state index contributed by atoms with van der Waals surface area (Å²) in [4.78, 5) is 75.9. The van der Waals surface area contributed by atoms with E-state index in [-0.39, 0.29) is 34.1 Å². The van der Waals surface area contributed by atoms with Crippen molar-refractivity contribution in [3.63, 3.8) is 0 Å². The first-order valence-electron chi connectivity index (χ1n) is 32.6. The molecule has 488 valence electrons. The van der Waals surface area contributed by atoms with Crippen molar-refractivity contribution in [3.8, 4) is 0 Å². The standard InChI is InChI=1S/C36H33N7O6.2C16H36N.H2O4S/c44-31-25(28(34(31)47)40-22-10-4-1-5-11-22)37-16-19-43(20-17-38-26-29(35(48)32(26)45)41-23-12-6-2-7-13-23)21-18-39-27-30(36(49)33(27)46)42-24-14-8-3-9-15-24;2*1-5-9-13-17(14-10-6-2,15-11-7-3)16-12-8-4;1-5(2,3)4/h1-15,37-42H,16-21H2;2*5-16H2,1-4H3;(H2,1,2,3,4)/q;2*+1;/p-2. The number of anilines is 9. The lowest BCUT2D eigenvalue weighted by Gasteiger charge is -2.39. The van der Waals surface area contributed by atoms with Crippen molar-refractivity contribution in [2.45, 2.75) is 158 Å². The second-order valence-electron chi connectivity index (χ2n) is 23.0. The molecule has 0 aliphatic rings. The van der Waals surface area contributed by atoms with E-state index in [1.807, 2.05) is 59.5 Å². The van der Waals surface area contributed by atoms with Gasteiger partial charge < -0.3 is 50.0 Å². The quantitative estimate of drug-likeness (QED) is 0.00901. The molecule has 0 fully saturated rings. The molecule has 0 aliphatic heterocycles. The van der Waals surface area contributed by atoms with Crippen LogP contribution in [0.5, 0.6) is 0 Å². The number of nitrogens with zero attached hydrogens (tertiary/aromatic N) is 3. The number of unbranched alkanes of at least 4 members (excludes halogenated alkanes) is 8. The molecule has 88 heavy (non-hydrogen) atoms. The molecule has 19 nitrogen and oxygen atoms in total. The molecule has 0 heterocycles. The number of para-hydroxylation sites is 3. The predicted molar refractivity (Wildman–Crippen MR) is 364 cm³/mol. The molecule has 0 unspecified atom stereocenters. The number of hydrogen-bond acceptors (Lipinski definition) is 17. The largest absolute Gasteiger partial charge is 0.759 e. The summed E-state index contributed by atoms with van der Waals surface area (Å²) in [6.45, 7) is 32.2. The minimum absolute atomic E-state index is 0.197. The summed E-state index contributed by atoms with van der Waals surface area (Å²) in [6.07, 6.45) is 22.1. The van der Waals surface area contributed by atoms with Crippen molar-refractivity contribution < 1.29 is 26.5 Å². The number of rotatable bonds is 42. The normalized spacial score (nSPS) is 11.5. The van der Waals surface area contributed by atoms with Gasteiger partial charge in [-0.2, -0.15) is 0 Å². The monoisotopic (exact) mass is 1240 g/mol. The highest BCUT2D eigenvalue weighted by atomic mass is 32.3. The Kier molecular flexibility index (Phi) is 35.8. The first-order valence-corrected chi connectivity index (χ1v) is 33.9. The van der Waals surface area contributed by atoms with Crippen LogP contribution in [0.15, 0.2) is 120 Å². The van der Waals surface area contributed by atoms with Crippen LogP contribution in [-0.2, 0) is 10.4 Å². The predicted octanol–water partition coefficient (Wildman–Crippen LogP) is 11.3. The minimum Gasteiger partial charge on any atom is -0.759 e. The molecule has 0 radical (unpaired) electrons. The van der Waals surface area contributed by atoms with Crippen LogP contribution in [0, 0.1) is 0 Å². The Balaban J connectivity index is 0.000000424. The topological polar surface area (TPSA) is 258 Å². The summed E-state index contributed by atoms with van der Waals surface area (Å²) in [5.41, 5.74) is -0.397. The summed E-state index contributed by atoms with van der Waals surface area (Å²) >= 11 is 0. The molecule has 6 N–H and O–H groups in total. The van der Waals surface area contributed by atoms with E-state index in [1.165, 1.54) is 164 Å². The SMILES string of the molecule is CCCC[N+](CCCC)(CCCC)CCCC.CCCC[N+](CCCC)(CCCC)CCCC.O=S(=O)([O-])[O-].O=c1c(NCCN(CCNc2c(Nc3ccccc3)c(=O)c2=O)CCNc2c(Nc3ccccc3)c(=O)c2=O)c(Nc2ccccc2)c1=O. The highest BCUT2D eigenvalue weighted by Gasteiger charge is 2.27. The third-order valence-electron chi connectivity index (χ3n) is 15.9. The number of hydrogen-bond donors (Lipinski definition) is 6. The third kappa shape index (κ3) is 26.7.